The Bertz CT molecular complexity index is 497. The van der Waals surface area contributed by atoms with Gasteiger partial charge in [-0.25, -0.2) is 14.6 Å². The summed E-state index contributed by atoms with van der Waals surface area (Å²) in [6.07, 6.45) is 2.28. The van der Waals surface area contributed by atoms with Crippen molar-refractivity contribution in [2.24, 2.45) is 0 Å². The first-order valence-electron chi connectivity index (χ1n) is 6.49. The van der Waals surface area contributed by atoms with Gasteiger partial charge in [0.25, 0.3) is 0 Å². The molecule has 0 saturated carbocycles. The van der Waals surface area contributed by atoms with E-state index in [0.29, 0.717) is 17.3 Å². The summed E-state index contributed by atoms with van der Waals surface area (Å²) in [5.41, 5.74) is 0.800. The summed E-state index contributed by atoms with van der Waals surface area (Å²) in [6, 6.07) is -1.43. The first kappa shape index (κ1) is 17.8. The number of thiazole rings is 1. The molecule has 0 aromatic carbocycles. The molecular formula is C13H21N3O3S2. The maximum Gasteiger partial charge on any atom is 0.326 e. The third-order valence-electron chi connectivity index (χ3n) is 2.71. The van der Waals surface area contributed by atoms with E-state index in [9.17, 15) is 9.59 Å². The molecule has 8 heteroatoms. The van der Waals surface area contributed by atoms with Crippen LogP contribution in [-0.2, 0) is 10.2 Å². The minimum Gasteiger partial charge on any atom is -0.480 e. The molecule has 118 valence electrons. The van der Waals surface area contributed by atoms with E-state index in [2.05, 4.69) is 15.6 Å². The Labute approximate surface area is 132 Å². The molecule has 0 aliphatic rings. The Morgan fingerprint density at radius 2 is 2.14 bits per heavy atom. The number of carboxylic acid groups (broad SMARTS) is 1. The van der Waals surface area contributed by atoms with Crippen LogP contribution in [0.25, 0.3) is 0 Å². The van der Waals surface area contributed by atoms with Crippen molar-refractivity contribution in [3.8, 4) is 0 Å². The summed E-state index contributed by atoms with van der Waals surface area (Å²) < 4.78 is 0. The molecule has 0 aliphatic carbocycles. The molecule has 3 N–H and O–H groups in total. The van der Waals surface area contributed by atoms with Crippen LogP contribution in [0.2, 0.25) is 0 Å². The minimum atomic E-state index is -1.03. The zero-order chi connectivity index (χ0) is 16.0. The molecule has 1 unspecified atom stereocenters. The van der Waals surface area contributed by atoms with Gasteiger partial charge in [0.1, 0.15) is 6.04 Å². The molecule has 1 aromatic rings. The van der Waals surface area contributed by atoms with Crippen molar-refractivity contribution in [1.82, 2.24) is 10.3 Å². The van der Waals surface area contributed by atoms with Gasteiger partial charge in [0, 0.05) is 10.8 Å². The van der Waals surface area contributed by atoms with Crippen LogP contribution in [0.3, 0.4) is 0 Å². The third-order valence-corrected chi connectivity index (χ3v) is 4.11. The second-order valence-corrected chi connectivity index (χ2v) is 7.40. The molecule has 6 nitrogen and oxygen atoms in total. The zero-order valence-corrected chi connectivity index (χ0v) is 14.2. The average Bonchev–Trinajstić information content (AvgIpc) is 2.82. The number of nitrogens with zero attached hydrogens (tertiary/aromatic N) is 1. The van der Waals surface area contributed by atoms with E-state index in [0.717, 1.165) is 5.69 Å². The largest absolute Gasteiger partial charge is 0.480 e. The van der Waals surface area contributed by atoms with Crippen LogP contribution in [0, 0.1) is 0 Å². The summed E-state index contributed by atoms with van der Waals surface area (Å²) >= 11 is 2.86. The van der Waals surface area contributed by atoms with Crippen LogP contribution in [0.4, 0.5) is 9.93 Å². The minimum absolute atomic E-state index is 0.0884. The highest BCUT2D eigenvalue weighted by Gasteiger charge is 2.21. The van der Waals surface area contributed by atoms with Gasteiger partial charge in [-0.1, -0.05) is 20.8 Å². The number of aromatic nitrogens is 1. The number of hydrogen-bond acceptors (Lipinski definition) is 5. The maximum atomic E-state index is 11.8. The molecular weight excluding hydrogens is 310 g/mol. The first-order chi connectivity index (χ1) is 9.74. The Kier molecular flexibility index (Phi) is 6.47. The van der Waals surface area contributed by atoms with E-state index in [1.807, 2.05) is 32.4 Å². The number of carbonyl (C=O) groups excluding carboxylic acids is 1. The van der Waals surface area contributed by atoms with Gasteiger partial charge in [-0.3, -0.25) is 5.32 Å². The third kappa shape index (κ3) is 5.92. The number of hydrogen-bond donors (Lipinski definition) is 3. The van der Waals surface area contributed by atoms with E-state index >= 15 is 0 Å². The van der Waals surface area contributed by atoms with Crippen LogP contribution >= 0.6 is 23.1 Å². The molecule has 1 heterocycles. The molecule has 0 saturated heterocycles. The Hall–Kier alpha value is -1.28. The SMILES string of the molecule is CSCCC(NC(=O)Nc1nc(C(C)(C)C)cs1)C(=O)O. The van der Waals surface area contributed by atoms with Crippen molar-refractivity contribution in [1.29, 1.82) is 0 Å². The zero-order valence-electron chi connectivity index (χ0n) is 12.6. The molecule has 0 aliphatic heterocycles. The van der Waals surface area contributed by atoms with Crippen LogP contribution in [-0.4, -0.2) is 40.1 Å². The maximum absolute atomic E-state index is 11.8. The van der Waals surface area contributed by atoms with Gasteiger partial charge >= 0.3 is 12.0 Å². The fraction of sp³-hybridized carbons (Fsp3) is 0.615. The number of anilines is 1. The summed E-state index contributed by atoms with van der Waals surface area (Å²) in [5, 5.41) is 16.4. The molecule has 1 rings (SSSR count). The standard InChI is InChI=1S/C13H21N3O3S2/c1-13(2,3)9-7-21-12(15-9)16-11(19)14-8(10(17)18)5-6-20-4/h7-8H,5-6H2,1-4H3,(H,17,18)(H2,14,15,16,19). The summed E-state index contributed by atoms with van der Waals surface area (Å²) in [6.45, 7) is 6.11. The van der Waals surface area contributed by atoms with Gasteiger partial charge in [0.05, 0.1) is 5.69 Å². The van der Waals surface area contributed by atoms with Crippen LogP contribution in [0.1, 0.15) is 32.9 Å². The van der Waals surface area contributed by atoms with Crippen molar-refractivity contribution in [2.75, 3.05) is 17.3 Å². The number of carbonyl (C=O) groups is 2. The average molecular weight is 331 g/mol. The second-order valence-electron chi connectivity index (χ2n) is 5.56. The number of rotatable bonds is 6. The highest BCUT2D eigenvalue weighted by atomic mass is 32.2. The van der Waals surface area contributed by atoms with E-state index in [1.165, 1.54) is 23.1 Å². The van der Waals surface area contributed by atoms with Crippen molar-refractivity contribution in [2.45, 2.75) is 38.6 Å². The van der Waals surface area contributed by atoms with Crippen LogP contribution in [0.5, 0.6) is 0 Å². The fourth-order valence-corrected chi connectivity index (χ4v) is 2.86. The molecule has 2 amide bonds. The molecule has 1 atom stereocenters. The highest BCUT2D eigenvalue weighted by molar-refractivity contribution is 7.98. The van der Waals surface area contributed by atoms with Crippen molar-refractivity contribution < 1.29 is 14.7 Å². The number of thioether (sulfide) groups is 1. The number of urea groups is 1. The van der Waals surface area contributed by atoms with Gasteiger partial charge in [-0.2, -0.15) is 11.8 Å². The van der Waals surface area contributed by atoms with E-state index in [4.69, 9.17) is 5.11 Å². The smallest absolute Gasteiger partial charge is 0.326 e. The van der Waals surface area contributed by atoms with E-state index < -0.39 is 18.0 Å². The van der Waals surface area contributed by atoms with Gasteiger partial charge < -0.3 is 10.4 Å². The van der Waals surface area contributed by atoms with Crippen molar-refractivity contribution >= 4 is 40.2 Å². The molecule has 0 spiro atoms. The topological polar surface area (TPSA) is 91.3 Å². The molecule has 0 radical (unpaired) electrons. The monoisotopic (exact) mass is 331 g/mol. The lowest BCUT2D eigenvalue weighted by atomic mass is 9.93. The predicted octanol–water partition coefficient (Wildman–Crippen LogP) is 2.77. The lowest BCUT2D eigenvalue weighted by Gasteiger charge is -2.15. The molecule has 21 heavy (non-hydrogen) atoms. The second kappa shape index (κ2) is 7.65. The van der Waals surface area contributed by atoms with Crippen LogP contribution in [0.15, 0.2) is 5.38 Å². The van der Waals surface area contributed by atoms with E-state index in [1.54, 1.807) is 0 Å². The molecule has 0 bridgehead atoms. The predicted molar refractivity (Wildman–Crippen MR) is 87.4 cm³/mol. The number of nitrogens with one attached hydrogen (secondary N) is 2. The highest BCUT2D eigenvalue weighted by Crippen LogP contribution is 2.26. The Balaban J connectivity index is 2.60. The number of carboxylic acids is 1. The van der Waals surface area contributed by atoms with Gasteiger partial charge in [0.2, 0.25) is 0 Å². The van der Waals surface area contributed by atoms with Gasteiger partial charge in [0.15, 0.2) is 5.13 Å². The lowest BCUT2D eigenvalue weighted by Crippen LogP contribution is -2.43. The number of aliphatic carboxylic acids is 1. The summed E-state index contributed by atoms with van der Waals surface area (Å²) in [4.78, 5) is 27.2. The first-order valence-corrected chi connectivity index (χ1v) is 8.76. The fourth-order valence-electron chi connectivity index (χ4n) is 1.46. The lowest BCUT2D eigenvalue weighted by molar-refractivity contribution is -0.139. The van der Waals surface area contributed by atoms with Gasteiger partial charge in [-0.15, -0.1) is 11.3 Å². The van der Waals surface area contributed by atoms with Gasteiger partial charge in [-0.05, 0) is 18.4 Å². The normalized spacial score (nSPS) is 12.8. The van der Waals surface area contributed by atoms with Crippen molar-refractivity contribution in [3.63, 3.8) is 0 Å². The van der Waals surface area contributed by atoms with E-state index in [-0.39, 0.29) is 5.41 Å². The molecule has 1 aromatic heterocycles. The van der Waals surface area contributed by atoms with Crippen LogP contribution < -0.4 is 10.6 Å². The Morgan fingerprint density at radius 3 is 2.62 bits per heavy atom. The quantitative estimate of drug-likeness (QED) is 0.745. The summed E-state index contributed by atoms with van der Waals surface area (Å²) in [7, 11) is 0. The Morgan fingerprint density at radius 1 is 1.48 bits per heavy atom. The number of amides is 2. The summed E-state index contributed by atoms with van der Waals surface area (Å²) in [5.74, 6) is -0.364. The molecule has 0 fully saturated rings. The van der Waals surface area contributed by atoms with Crippen molar-refractivity contribution in [3.05, 3.63) is 11.1 Å².